The number of alkyl halides is 3. The summed E-state index contributed by atoms with van der Waals surface area (Å²) >= 11 is 9.16. The first-order chi connectivity index (χ1) is 15.1. The molecule has 0 aromatic heterocycles. The molecule has 2 unspecified atom stereocenters. The molecule has 2 aliphatic heterocycles. The molecule has 8 nitrogen and oxygen atoms in total. The van der Waals surface area contributed by atoms with Crippen LogP contribution < -0.4 is 10.2 Å². The van der Waals surface area contributed by atoms with Crippen LogP contribution in [0.4, 0.5) is 24.5 Å². The molecule has 2 aliphatic rings. The van der Waals surface area contributed by atoms with E-state index >= 15 is 0 Å². The Kier molecular flexibility index (Phi) is 5.67. The molecule has 0 aliphatic carbocycles. The van der Waals surface area contributed by atoms with Crippen molar-refractivity contribution in [2.24, 2.45) is 10.3 Å². The molecule has 166 valence electrons. The number of hydrogen-bond acceptors (Lipinski definition) is 6. The van der Waals surface area contributed by atoms with Crippen LogP contribution in [0.5, 0.6) is 0 Å². The van der Waals surface area contributed by atoms with Gasteiger partial charge in [-0.25, -0.2) is 4.90 Å². The highest BCUT2D eigenvalue weighted by Crippen LogP contribution is 2.35. The molecule has 32 heavy (non-hydrogen) atoms. The molecule has 0 saturated carbocycles. The number of nitrogens with one attached hydrogen (secondary N) is 1. The topological polar surface area (TPSA) is 94.4 Å². The van der Waals surface area contributed by atoms with Crippen LogP contribution in [0.3, 0.4) is 0 Å². The third-order valence-corrected chi connectivity index (χ3v) is 5.67. The molecular weight excluding hydrogens is 519 g/mol. The Hall–Kier alpha value is -2.99. The fourth-order valence-corrected chi connectivity index (χ4v) is 3.76. The summed E-state index contributed by atoms with van der Waals surface area (Å²) in [6, 6.07) is 6.73. The van der Waals surface area contributed by atoms with Gasteiger partial charge in [0.15, 0.2) is 12.1 Å². The van der Waals surface area contributed by atoms with Crippen molar-refractivity contribution in [3.05, 3.63) is 57.5 Å². The highest BCUT2D eigenvalue weighted by Gasteiger charge is 2.55. The van der Waals surface area contributed by atoms with Crippen molar-refractivity contribution in [1.82, 2.24) is 5.01 Å². The molecule has 0 bridgehead atoms. The van der Waals surface area contributed by atoms with Crippen molar-refractivity contribution in [1.29, 1.82) is 0 Å². The lowest BCUT2D eigenvalue weighted by Crippen LogP contribution is -2.43. The molecule has 1 N–H and O–H groups in total. The molecule has 3 amide bonds. The molecular formula is C19H12BrClF3N5O3. The number of benzene rings is 2. The maximum atomic E-state index is 12.9. The number of halogens is 5. The molecule has 0 radical (unpaired) electrons. The monoisotopic (exact) mass is 529 g/mol. The number of nitrogens with zero attached hydrogens (tertiary/aromatic N) is 4. The Balaban J connectivity index is 1.49. The van der Waals surface area contributed by atoms with E-state index in [1.54, 1.807) is 24.3 Å². The molecule has 2 atom stereocenters. The predicted octanol–water partition coefficient (Wildman–Crippen LogP) is 4.05. The van der Waals surface area contributed by atoms with Crippen LogP contribution in [0, 0.1) is 0 Å². The third kappa shape index (κ3) is 4.07. The van der Waals surface area contributed by atoms with Gasteiger partial charge in [-0.1, -0.05) is 32.8 Å². The average molecular weight is 531 g/mol. The van der Waals surface area contributed by atoms with E-state index in [0.717, 1.165) is 26.5 Å². The number of anilines is 2. The lowest BCUT2D eigenvalue weighted by atomic mass is 10.1. The van der Waals surface area contributed by atoms with Crippen molar-refractivity contribution < 1.29 is 27.6 Å². The number of rotatable bonds is 4. The van der Waals surface area contributed by atoms with Crippen LogP contribution in [-0.4, -0.2) is 41.4 Å². The number of fused-ring (bicyclic) bond motifs is 1. The van der Waals surface area contributed by atoms with Gasteiger partial charge in [0.05, 0.1) is 22.0 Å². The van der Waals surface area contributed by atoms with Crippen LogP contribution >= 0.6 is 27.5 Å². The lowest BCUT2D eigenvalue weighted by Gasteiger charge is -2.20. The SMILES string of the molecule is O=C(CN1N=NC2C(=O)N(c3ccc(Br)cc3)C(=O)C21)Nc1cc(C(F)(F)F)ccc1Cl. The number of imide groups is 1. The van der Waals surface area contributed by atoms with E-state index in [4.69, 9.17) is 11.6 Å². The minimum atomic E-state index is -4.62. The zero-order valence-corrected chi connectivity index (χ0v) is 18.1. The van der Waals surface area contributed by atoms with Gasteiger partial charge in [0.1, 0.15) is 6.54 Å². The van der Waals surface area contributed by atoms with E-state index in [-0.39, 0.29) is 10.7 Å². The van der Waals surface area contributed by atoms with Crippen LogP contribution in [0.25, 0.3) is 0 Å². The molecule has 2 aromatic rings. The summed E-state index contributed by atoms with van der Waals surface area (Å²) in [5.74, 6) is -1.99. The van der Waals surface area contributed by atoms with E-state index in [2.05, 4.69) is 31.6 Å². The number of carbonyl (C=O) groups excluding carboxylic acids is 3. The van der Waals surface area contributed by atoms with Gasteiger partial charge < -0.3 is 5.32 Å². The zero-order valence-electron chi connectivity index (χ0n) is 15.8. The number of carbonyl (C=O) groups is 3. The zero-order chi connectivity index (χ0) is 23.2. The van der Waals surface area contributed by atoms with Gasteiger partial charge in [-0.2, -0.15) is 18.3 Å². The first-order valence-electron chi connectivity index (χ1n) is 9.03. The average Bonchev–Trinajstić information content (AvgIpc) is 3.23. The van der Waals surface area contributed by atoms with Gasteiger partial charge in [-0.15, -0.1) is 0 Å². The van der Waals surface area contributed by atoms with Crippen LogP contribution in [0.15, 0.2) is 57.3 Å². The summed E-state index contributed by atoms with van der Waals surface area (Å²) < 4.78 is 39.5. The van der Waals surface area contributed by atoms with Gasteiger partial charge in [0, 0.05) is 4.47 Å². The van der Waals surface area contributed by atoms with Gasteiger partial charge in [0.2, 0.25) is 5.91 Å². The highest BCUT2D eigenvalue weighted by molar-refractivity contribution is 9.10. The summed E-state index contributed by atoms with van der Waals surface area (Å²) in [7, 11) is 0. The fourth-order valence-electron chi connectivity index (χ4n) is 3.33. The second kappa shape index (κ2) is 8.17. The molecule has 1 fully saturated rings. The van der Waals surface area contributed by atoms with E-state index in [1.807, 2.05) is 0 Å². The fraction of sp³-hybridized carbons (Fsp3) is 0.211. The van der Waals surface area contributed by atoms with E-state index in [0.29, 0.717) is 11.8 Å². The first kappa shape index (κ1) is 22.2. The first-order valence-corrected chi connectivity index (χ1v) is 10.2. The molecule has 1 saturated heterocycles. The molecule has 4 rings (SSSR count). The van der Waals surface area contributed by atoms with Gasteiger partial charge in [0.25, 0.3) is 11.8 Å². The minimum Gasteiger partial charge on any atom is -0.323 e. The Morgan fingerprint density at radius 1 is 1.12 bits per heavy atom. The summed E-state index contributed by atoms with van der Waals surface area (Å²) in [6.07, 6.45) is -4.62. The predicted molar refractivity (Wildman–Crippen MR) is 111 cm³/mol. The number of amides is 3. The lowest BCUT2D eigenvalue weighted by molar-refractivity contribution is -0.137. The van der Waals surface area contributed by atoms with Crippen molar-refractivity contribution in [3.8, 4) is 0 Å². The van der Waals surface area contributed by atoms with Crippen LogP contribution in [0.1, 0.15) is 5.56 Å². The normalized spacial score (nSPS) is 20.2. The Morgan fingerprint density at radius 2 is 1.81 bits per heavy atom. The van der Waals surface area contributed by atoms with E-state index in [9.17, 15) is 27.6 Å². The molecule has 2 heterocycles. The van der Waals surface area contributed by atoms with Gasteiger partial charge >= 0.3 is 6.18 Å². The summed E-state index contributed by atoms with van der Waals surface area (Å²) in [5.41, 5.74) is -0.891. The van der Waals surface area contributed by atoms with Crippen LogP contribution in [-0.2, 0) is 20.6 Å². The Morgan fingerprint density at radius 3 is 2.47 bits per heavy atom. The van der Waals surface area contributed by atoms with Gasteiger partial charge in [-0.3, -0.25) is 19.4 Å². The standard InChI is InChI=1S/C19H12BrClF3N5O3/c20-10-2-4-11(5-3-10)29-17(31)15-16(18(29)32)28(27-26-15)8-14(30)25-13-7-9(19(22,23)24)1-6-12(13)21/h1-7,15-16H,8H2,(H,25,30). The van der Waals surface area contributed by atoms with E-state index < -0.39 is 48.1 Å². The minimum absolute atomic E-state index is 0.0965. The summed E-state index contributed by atoms with van der Waals surface area (Å²) in [5, 5.41) is 10.7. The molecule has 2 aromatic carbocycles. The second-order valence-corrected chi connectivity index (χ2v) is 8.24. The smallest absolute Gasteiger partial charge is 0.323 e. The number of hydrogen-bond donors (Lipinski definition) is 1. The Bertz CT molecular complexity index is 1140. The summed E-state index contributed by atoms with van der Waals surface area (Å²) in [4.78, 5) is 39.0. The molecule has 13 heteroatoms. The largest absolute Gasteiger partial charge is 0.416 e. The second-order valence-electron chi connectivity index (χ2n) is 6.92. The highest BCUT2D eigenvalue weighted by atomic mass is 79.9. The van der Waals surface area contributed by atoms with Crippen LogP contribution in [0.2, 0.25) is 5.02 Å². The summed E-state index contributed by atoms with van der Waals surface area (Å²) in [6.45, 7) is -0.523. The molecule has 0 spiro atoms. The maximum Gasteiger partial charge on any atom is 0.416 e. The maximum absolute atomic E-state index is 12.9. The third-order valence-electron chi connectivity index (χ3n) is 4.82. The van der Waals surface area contributed by atoms with Crippen molar-refractivity contribution in [2.75, 3.05) is 16.8 Å². The van der Waals surface area contributed by atoms with Crippen molar-refractivity contribution in [2.45, 2.75) is 18.3 Å². The quantitative estimate of drug-likeness (QED) is 0.604. The Labute approximate surface area is 192 Å². The van der Waals surface area contributed by atoms with Gasteiger partial charge in [-0.05, 0) is 42.5 Å². The van der Waals surface area contributed by atoms with Crippen molar-refractivity contribution >= 4 is 56.6 Å². The van der Waals surface area contributed by atoms with E-state index in [1.165, 1.54) is 0 Å². The van der Waals surface area contributed by atoms with Crippen molar-refractivity contribution in [3.63, 3.8) is 0 Å².